The first-order valence-corrected chi connectivity index (χ1v) is 9.07. The Morgan fingerprint density at radius 3 is 2.77 bits per heavy atom. The second-order valence-electron chi connectivity index (χ2n) is 6.55. The number of ether oxygens (including phenoxy) is 2. The van der Waals surface area contributed by atoms with E-state index in [9.17, 15) is 13.6 Å². The summed E-state index contributed by atoms with van der Waals surface area (Å²) in [7, 11) is 0. The average molecular weight is 438 g/mol. The molecule has 0 saturated heterocycles. The van der Waals surface area contributed by atoms with Gasteiger partial charge in [0.2, 0.25) is 12.7 Å². The molecule has 0 bridgehead atoms. The van der Waals surface area contributed by atoms with Gasteiger partial charge in [-0.2, -0.15) is 4.98 Å². The Bertz CT molecular complexity index is 1050. The molecule has 0 unspecified atom stereocenters. The molecule has 0 radical (unpaired) electrons. The number of hydrogen-bond donors (Lipinski definition) is 2. The molecule has 1 atom stereocenters. The number of aliphatic imine (C=N–C) groups is 1. The molecule has 0 aliphatic carbocycles. The second-order valence-corrected chi connectivity index (χ2v) is 6.96. The van der Waals surface area contributed by atoms with Gasteiger partial charge in [0.1, 0.15) is 23.7 Å². The summed E-state index contributed by atoms with van der Waals surface area (Å²) in [5.41, 5.74) is 11.4. The highest BCUT2D eigenvalue weighted by molar-refractivity contribution is 6.31. The Kier molecular flexibility index (Phi) is 6.16. The molecule has 0 fully saturated rings. The van der Waals surface area contributed by atoms with Crippen LogP contribution < -0.4 is 16.2 Å². The molecule has 1 aromatic heterocycles. The predicted molar refractivity (Wildman–Crippen MR) is 107 cm³/mol. The third kappa shape index (κ3) is 4.48. The number of nitrogens with zero attached hydrogens (tertiary/aromatic N) is 3. The van der Waals surface area contributed by atoms with Gasteiger partial charge in [-0.05, 0) is 24.6 Å². The topological polar surface area (TPSA) is 126 Å². The molecule has 158 valence electrons. The lowest BCUT2D eigenvalue weighted by atomic mass is 9.89. The van der Waals surface area contributed by atoms with Crippen LogP contribution in [0.1, 0.15) is 28.5 Å². The average Bonchev–Trinajstić information content (AvgIpc) is 2.69. The van der Waals surface area contributed by atoms with Crippen molar-refractivity contribution < 1.29 is 23.0 Å². The van der Waals surface area contributed by atoms with Gasteiger partial charge in [-0.1, -0.05) is 23.7 Å². The van der Waals surface area contributed by atoms with Crippen molar-refractivity contribution in [3.05, 3.63) is 58.1 Å². The molecular formula is C19H18ClF2N5O3. The van der Waals surface area contributed by atoms with E-state index in [0.29, 0.717) is 16.1 Å². The van der Waals surface area contributed by atoms with E-state index >= 15 is 0 Å². The number of nitrogens with two attached hydrogens (primary N) is 2. The maximum absolute atomic E-state index is 13.1. The van der Waals surface area contributed by atoms with Gasteiger partial charge in [-0.25, -0.2) is 18.8 Å². The summed E-state index contributed by atoms with van der Waals surface area (Å²) in [6.07, 6.45) is 2.52. The highest BCUT2D eigenvalue weighted by Gasteiger charge is 2.32. The molecule has 0 saturated carbocycles. The molecule has 30 heavy (non-hydrogen) atoms. The first-order chi connectivity index (χ1) is 14.3. The number of amidine groups is 1. The third-order valence-corrected chi connectivity index (χ3v) is 4.67. The van der Waals surface area contributed by atoms with Crippen molar-refractivity contribution >= 4 is 29.2 Å². The zero-order valence-corrected chi connectivity index (χ0v) is 16.6. The first kappa shape index (κ1) is 21.4. The minimum atomic E-state index is -1.09. The molecule has 11 heteroatoms. The quantitative estimate of drug-likeness (QED) is 0.638. The van der Waals surface area contributed by atoms with Gasteiger partial charge < -0.3 is 20.9 Å². The number of hydrogen-bond acceptors (Lipinski definition) is 8. The molecule has 1 aliphatic heterocycles. The summed E-state index contributed by atoms with van der Waals surface area (Å²) in [4.78, 5) is 24.6. The van der Waals surface area contributed by atoms with Crippen LogP contribution in [0.3, 0.4) is 0 Å². The molecular weight excluding hydrogens is 420 g/mol. The lowest BCUT2D eigenvalue weighted by Gasteiger charge is -2.28. The predicted octanol–water partition coefficient (Wildman–Crippen LogP) is 2.86. The zero-order chi connectivity index (χ0) is 21.9. The van der Waals surface area contributed by atoms with E-state index in [2.05, 4.69) is 19.7 Å². The fourth-order valence-corrected chi connectivity index (χ4v) is 3.34. The Balaban J connectivity index is 1.90. The van der Waals surface area contributed by atoms with Gasteiger partial charge in [0.25, 0.3) is 6.02 Å². The van der Waals surface area contributed by atoms with Crippen molar-refractivity contribution in [1.29, 1.82) is 0 Å². The maximum atomic E-state index is 13.1. The van der Waals surface area contributed by atoms with E-state index in [-0.39, 0.29) is 35.6 Å². The molecule has 2 aromatic rings. The van der Waals surface area contributed by atoms with Crippen molar-refractivity contribution in [3.8, 4) is 5.88 Å². The summed E-state index contributed by atoms with van der Waals surface area (Å²) < 4.78 is 35.0. The minimum absolute atomic E-state index is 0.0150. The van der Waals surface area contributed by atoms with Gasteiger partial charge in [-0.15, -0.1) is 0 Å². The Labute approximate surface area is 175 Å². The van der Waals surface area contributed by atoms with Crippen LogP contribution in [0, 0.1) is 0 Å². The van der Waals surface area contributed by atoms with Crippen LogP contribution in [0.2, 0.25) is 5.02 Å². The van der Waals surface area contributed by atoms with Gasteiger partial charge in [0.15, 0.2) is 11.6 Å². The van der Waals surface area contributed by atoms with Gasteiger partial charge >= 0.3 is 0 Å². The second kappa shape index (κ2) is 8.62. The van der Waals surface area contributed by atoms with Crippen molar-refractivity contribution in [3.63, 3.8) is 0 Å². The van der Waals surface area contributed by atoms with Crippen molar-refractivity contribution in [1.82, 2.24) is 9.97 Å². The van der Waals surface area contributed by atoms with Crippen LogP contribution >= 0.6 is 11.6 Å². The number of benzene rings is 1. The Morgan fingerprint density at radius 2 is 2.10 bits per heavy atom. The molecule has 4 N–H and O–H groups in total. The van der Waals surface area contributed by atoms with Crippen LogP contribution in [0.5, 0.6) is 5.88 Å². The summed E-state index contributed by atoms with van der Waals surface area (Å²) in [6, 6.07) is 4.73. The normalized spacial score (nSPS) is 18.3. The standard InChI is InChI=1S/C19H18ClF2N5O3/c1-19(6-11(7-21)30-18(24)27-19)12-4-10(2-3-13(12)20)5-14(28)16-17(23)26-15(8-25-16)29-9-22/h2-4,6,8H,5,7,9H2,1H3,(H2,23,26)(H2,24,27)/t19-/m0/s1. The lowest BCUT2D eigenvalue weighted by Crippen LogP contribution is -2.30. The number of allylic oxidation sites excluding steroid dienone is 1. The van der Waals surface area contributed by atoms with E-state index < -0.39 is 24.9 Å². The smallest absolute Gasteiger partial charge is 0.288 e. The summed E-state index contributed by atoms with van der Waals surface area (Å²) in [5, 5.41) is 0.355. The summed E-state index contributed by atoms with van der Waals surface area (Å²) in [6.45, 7) is -0.260. The van der Waals surface area contributed by atoms with Crippen molar-refractivity contribution in [2.24, 2.45) is 10.7 Å². The number of halogens is 3. The van der Waals surface area contributed by atoms with Crippen LogP contribution in [0.4, 0.5) is 14.6 Å². The van der Waals surface area contributed by atoms with Crippen LogP contribution in [-0.2, 0) is 16.7 Å². The van der Waals surface area contributed by atoms with Gasteiger partial charge in [0.05, 0.1) is 6.20 Å². The molecule has 3 rings (SSSR count). The number of ketones is 1. The SMILES string of the molecule is C[C@@]1(c2cc(CC(=O)c3ncc(OCF)nc3N)ccc2Cl)C=C(CF)OC(N)=N1. The first-order valence-electron chi connectivity index (χ1n) is 8.70. The van der Waals surface area contributed by atoms with E-state index in [0.717, 1.165) is 6.20 Å². The van der Waals surface area contributed by atoms with Crippen molar-refractivity contribution in [2.75, 3.05) is 19.3 Å². The summed E-state index contributed by atoms with van der Waals surface area (Å²) >= 11 is 6.34. The third-order valence-electron chi connectivity index (χ3n) is 4.34. The fraction of sp³-hybridized carbons (Fsp3) is 0.263. The van der Waals surface area contributed by atoms with E-state index in [1.54, 1.807) is 25.1 Å². The van der Waals surface area contributed by atoms with E-state index in [4.69, 9.17) is 27.8 Å². The Morgan fingerprint density at radius 1 is 1.33 bits per heavy atom. The number of carbonyl (C=O) groups excluding carboxylic acids is 1. The molecule has 2 heterocycles. The number of nitrogen functional groups attached to an aromatic ring is 1. The number of rotatable bonds is 7. The fourth-order valence-electron chi connectivity index (χ4n) is 3.03. The van der Waals surface area contributed by atoms with Crippen LogP contribution in [-0.4, -0.2) is 35.3 Å². The number of anilines is 1. The number of aromatic nitrogens is 2. The molecule has 0 amide bonds. The largest absolute Gasteiger partial charge is 0.445 e. The summed E-state index contributed by atoms with van der Waals surface area (Å²) in [5.74, 6) is -0.704. The number of alkyl halides is 2. The molecule has 0 spiro atoms. The van der Waals surface area contributed by atoms with Gasteiger partial charge in [-0.3, -0.25) is 4.79 Å². The number of Topliss-reactive ketones (excluding diaryl/α,β-unsaturated/α-hetero) is 1. The Hall–Kier alpha value is -3.27. The highest BCUT2D eigenvalue weighted by atomic mass is 35.5. The molecule has 1 aromatic carbocycles. The van der Waals surface area contributed by atoms with Crippen molar-refractivity contribution in [2.45, 2.75) is 18.9 Å². The monoisotopic (exact) mass is 437 g/mol. The highest BCUT2D eigenvalue weighted by Crippen LogP contribution is 2.36. The van der Waals surface area contributed by atoms with E-state index in [1.807, 2.05) is 0 Å². The lowest BCUT2D eigenvalue weighted by molar-refractivity contribution is 0.0988. The molecule has 8 nitrogen and oxygen atoms in total. The van der Waals surface area contributed by atoms with Crippen LogP contribution in [0.15, 0.2) is 41.2 Å². The van der Waals surface area contributed by atoms with Gasteiger partial charge in [0, 0.05) is 17.0 Å². The van der Waals surface area contributed by atoms with E-state index in [1.165, 1.54) is 6.08 Å². The zero-order valence-electron chi connectivity index (χ0n) is 15.9. The number of carbonyl (C=O) groups is 1. The minimum Gasteiger partial charge on any atom is -0.445 e. The van der Waals surface area contributed by atoms with Crippen LogP contribution in [0.25, 0.3) is 0 Å². The molecule has 1 aliphatic rings. The maximum Gasteiger partial charge on any atom is 0.288 e.